The minimum Gasteiger partial charge on any atom is -0.406 e. The summed E-state index contributed by atoms with van der Waals surface area (Å²) in [6.45, 7) is 0.621. The van der Waals surface area contributed by atoms with Crippen LogP contribution in [-0.4, -0.2) is 27.2 Å². The predicted molar refractivity (Wildman–Crippen MR) is 92.0 cm³/mol. The molecule has 1 saturated heterocycles. The van der Waals surface area contributed by atoms with E-state index in [0.29, 0.717) is 18.7 Å². The van der Waals surface area contributed by atoms with Gasteiger partial charge in [-0.15, -0.1) is 13.2 Å². The van der Waals surface area contributed by atoms with Crippen LogP contribution in [0.25, 0.3) is 0 Å². The number of nitrogens with zero attached hydrogens (tertiary/aromatic N) is 1. The van der Waals surface area contributed by atoms with E-state index in [0.717, 1.165) is 30.7 Å². The maximum absolute atomic E-state index is 12.4. The molecule has 2 aromatic rings. The van der Waals surface area contributed by atoms with Gasteiger partial charge in [-0.1, -0.05) is 0 Å². The first-order valence-corrected chi connectivity index (χ1v) is 9.41. The van der Waals surface area contributed by atoms with E-state index in [9.17, 15) is 26.4 Å². The van der Waals surface area contributed by atoms with Crippen LogP contribution < -0.4 is 14.4 Å². The van der Waals surface area contributed by atoms with Crippen LogP contribution in [0.4, 0.5) is 24.5 Å². The van der Waals surface area contributed by atoms with Crippen LogP contribution in [-0.2, 0) is 14.8 Å². The van der Waals surface area contributed by atoms with Gasteiger partial charge < -0.3 is 9.64 Å². The van der Waals surface area contributed by atoms with E-state index >= 15 is 0 Å². The molecule has 0 aliphatic carbocycles. The smallest absolute Gasteiger partial charge is 0.406 e. The first-order valence-electron chi connectivity index (χ1n) is 7.93. The molecule has 1 fully saturated rings. The monoisotopic (exact) mass is 400 g/mol. The molecule has 0 unspecified atom stereocenters. The van der Waals surface area contributed by atoms with Gasteiger partial charge in [0.2, 0.25) is 5.91 Å². The molecule has 27 heavy (non-hydrogen) atoms. The molecule has 0 aromatic heterocycles. The molecule has 0 atom stereocenters. The number of alkyl halides is 3. The summed E-state index contributed by atoms with van der Waals surface area (Å²) in [6.07, 6.45) is -3.58. The Morgan fingerprint density at radius 1 is 1.00 bits per heavy atom. The molecule has 144 valence electrons. The van der Waals surface area contributed by atoms with Crippen molar-refractivity contribution in [3.05, 3.63) is 48.5 Å². The Labute approximate surface area is 153 Å². The van der Waals surface area contributed by atoms with Crippen LogP contribution in [0.2, 0.25) is 0 Å². The number of carbonyl (C=O) groups is 1. The number of rotatable bonds is 5. The number of benzene rings is 2. The lowest BCUT2D eigenvalue weighted by Crippen LogP contribution is -2.23. The summed E-state index contributed by atoms with van der Waals surface area (Å²) in [5.41, 5.74) is 0.940. The van der Waals surface area contributed by atoms with Crippen LogP contribution in [0.15, 0.2) is 53.4 Å². The lowest BCUT2D eigenvalue weighted by atomic mass is 10.2. The summed E-state index contributed by atoms with van der Waals surface area (Å²) in [4.78, 5) is 13.1. The molecule has 0 bridgehead atoms. The first-order chi connectivity index (χ1) is 12.6. The summed E-state index contributed by atoms with van der Waals surface area (Å²) < 4.78 is 67.2. The second kappa shape index (κ2) is 7.10. The molecule has 1 N–H and O–H groups in total. The van der Waals surface area contributed by atoms with Gasteiger partial charge in [0.05, 0.1) is 4.90 Å². The standard InChI is InChI=1S/C17H15F3N2O4S/c18-17(19,20)26-14-7-9-15(10-8-14)27(24,25)21-12-3-5-13(6-4-12)22-11-1-2-16(22)23/h3-10,21H,1-2,11H2. The zero-order valence-electron chi connectivity index (χ0n) is 13.9. The molecule has 3 rings (SSSR count). The zero-order valence-corrected chi connectivity index (χ0v) is 14.7. The number of halogens is 3. The highest BCUT2D eigenvalue weighted by Gasteiger charge is 2.31. The highest BCUT2D eigenvalue weighted by atomic mass is 32.2. The number of ether oxygens (including phenoxy) is 1. The van der Waals surface area contributed by atoms with Crippen LogP contribution in [0.3, 0.4) is 0 Å². The minimum absolute atomic E-state index is 0.0181. The topological polar surface area (TPSA) is 75.7 Å². The maximum atomic E-state index is 12.4. The Hall–Kier alpha value is -2.75. The second-order valence-corrected chi connectivity index (χ2v) is 7.50. The van der Waals surface area contributed by atoms with Crippen LogP contribution in [0, 0.1) is 0 Å². The predicted octanol–water partition coefficient (Wildman–Crippen LogP) is 3.51. The van der Waals surface area contributed by atoms with Gasteiger partial charge >= 0.3 is 6.36 Å². The summed E-state index contributed by atoms with van der Waals surface area (Å²) in [5, 5.41) is 0. The van der Waals surface area contributed by atoms with Crippen molar-refractivity contribution >= 4 is 27.3 Å². The molecule has 10 heteroatoms. The summed E-state index contributed by atoms with van der Waals surface area (Å²) in [7, 11) is -3.98. The normalized spacial score (nSPS) is 15.1. The second-order valence-electron chi connectivity index (χ2n) is 5.82. The summed E-state index contributed by atoms with van der Waals surface area (Å²) >= 11 is 0. The largest absolute Gasteiger partial charge is 0.573 e. The Balaban J connectivity index is 1.71. The van der Waals surface area contributed by atoms with Crippen molar-refractivity contribution in [3.8, 4) is 5.75 Å². The number of carbonyl (C=O) groups excluding carboxylic acids is 1. The molecule has 1 aliphatic heterocycles. The molecular weight excluding hydrogens is 385 g/mol. The third-order valence-electron chi connectivity index (χ3n) is 3.87. The number of hydrogen-bond donors (Lipinski definition) is 1. The number of nitrogens with one attached hydrogen (secondary N) is 1. The average Bonchev–Trinajstić information content (AvgIpc) is 3.00. The zero-order chi connectivity index (χ0) is 19.7. The van der Waals surface area contributed by atoms with Crippen molar-refractivity contribution in [3.63, 3.8) is 0 Å². The minimum atomic E-state index is -4.85. The molecule has 0 saturated carbocycles. The fourth-order valence-electron chi connectivity index (χ4n) is 2.67. The van der Waals surface area contributed by atoms with Gasteiger partial charge in [-0.3, -0.25) is 9.52 Å². The van der Waals surface area contributed by atoms with E-state index in [1.807, 2.05) is 0 Å². The maximum Gasteiger partial charge on any atom is 0.573 e. The Kier molecular flexibility index (Phi) is 5.01. The number of sulfonamides is 1. The Morgan fingerprint density at radius 3 is 2.15 bits per heavy atom. The average molecular weight is 400 g/mol. The molecule has 1 amide bonds. The van der Waals surface area contributed by atoms with Gasteiger partial charge in [0.15, 0.2) is 0 Å². The highest BCUT2D eigenvalue weighted by molar-refractivity contribution is 7.92. The van der Waals surface area contributed by atoms with Gasteiger partial charge in [-0.05, 0) is 55.0 Å². The van der Waals surface area contributed by atoms with Gasteiger partial charge in [0.25, 0.3) is 10.0 Å². The third-order valence-corrected chi connectivity index (χ3v) is 5.27. The third kappa shape index (κ3) is 4.70. The summed E-state index contributed by atoms with van der Waals surface area (Å²) in [6, 6.07) is 10.2. The molecule has 0 spiro atoms. The SMILES string of the molecule is O=C1CCCN1c1ccc(NS(=O)(=O)c2ccc(OC(F)(F)F)cc2)cc1. The number of anilines is 2. The van der Waals surface area contributed by atoms with Crippen LogP contribution in [0.1, 0.15) is 12.8 Å². The van der Waals surface area contributed by atoms with E-state index in [4.69, 9.17) is 0 Å². The van der Waals surface area contributed by atoms with E-state index in [1.165, 1.54) is 12.1 Å². The van der Waals surface area contributed by atoms with Crippen molar-refractivity contribution in [1.82, 2.24) is 0 Å². The van der Waals surface area contributed by atoms with E-state index in [2.05, 4.69) is 9.46 Å². The molecule has 1 heterocycles. The quantitative estimate of drug-likeness (QED) is 0.833. The van der Waals surface area contributed by atoms with Crippen molar-refractivity contribution in [2.24, 2.45) is 0 Å². The van der Waals surface area contributed by atoms with Crippen LogP contribution in [0.5, 0.6) is 5.75 Å². The molecular formula is C17H15F3N2O4S. The lowest BCUT2D eigenvalue weighted by molar-refractivity contribution is -0.274. The molecule has 6 nitrogen and oxygen atoms in total. The van der Waals surface area contributed by atoms with Crippen molar-refractivity contribution in [2.75, 3.05) is 16.2 Å². The molecule has 1 aliphatic rings. The van der Waals surface area contributed by atoms with E-state index in [-0.39, 0.29) is 16.5 Å². The van der Waals surface area contributed by atoms with E-state index < -0.39 is 22.1 Å². The van der Waals surface area contributed by atoms with Crippen molar-refractivity contribution < 1.29 is 31.1 Å². The van der Waals surface area contributed by atoms with Crippen LogP contribution >= 0.6 is 0 Å². The van der Waals surface area contributed by atoms with Gasteiger partial charge in [0, 0.05) is 24.3 Å². The molecule has 0 radical (unpaired) electrons. The lowest BCUT2D eigenvalue weighted by Gasteiger charge is -2.16. The fourth-order valence-corrected chi connectivity index (χ4v) is 3.72. The summed E-state index contributed by atoms with van der Waals surface area (Å²) in [5.74, 6) is -0.495. The van der Waals surface area contributed by atoms with Gasteiger partial charge in [-0.2, -0.15) is 0 Å². The highest BCUT2D eigenvalue weighted by Crippen LogP contribution is 2.26. The molecule has 2 aromatic carbocycles. The van der Waals surface area contributed by atoms with Crippen molar-refractivity contribution in [2.45, 2.75) is 24.1 Å². The van der Waals surface area contributed by atoms with E-state index in [1.54, 1.807) is 17.0 Å². The first kappa shape index (κ1) is 19.0. The Morgan fingerprint density at radius 2 is 1.63 bits per heavy atom. The number of amides is 1. The Bertz CT molecular complexity index is 926. The number of hydrogen-bond acceptors (Lipinski definition) is 4. The van der Waals surface area contributed by atoms with Gasteiger partial charge in [0.1, 0.15) is 5.75 Å². The fraction of sp³-hybridized carbons (Fsp3) is 0.235. The van der Waals surface area contributed by atoms with Gasteiger partial charge in [-0.25, -0.2) is 8.42 Å². The van der Waals surface area contributed by atoms with Crippen molar-refractivity contribution in [1.29, 1.82) is 0 Å².